The van der Waals surface area contributed by atoms with Crippen LogP contribution < -0.4 is 14.8 Å². The second kappa shape index (κ2) is 12.4. The lowest BCUT2D eigenvalue weighted by Crippen LogP contribution is -2.56. The van der Waals surface area contributed by atoms with Gasteiger partial charge in [-0.15, -0.1) is 29.3 Å². The highest BCUT2D eigenvalue weighted by molar-refractivity contribution is 7.91. The van der Waals surface area contributed by atoms with Crippen molar-refractivity contribution in [3.05, 3.63) is 76.3 Å². The number of oxime groups is 1. The summed E-state index contributed by atoms with van der Waals surface area (Å²) in [6.45, 7) is 3.83. The van der Waals surface area contributed by atoms with Crippen molar-refractivity contribution in [1.29, 1.82) is 0 Å². The van der Waals surface area contributed by atoms with Crippen LogP contribution in [0.1, 0.15) is 40.9 Å². The average molecular weight is 669 g/mol. The Morgan fingerprint density at radius 3 is 2.56 bits per heavy atom. The molecule has 0 spiro atoms. The van der Waals surface area contributed by atoms with Crippen LogP contribution >= 0.6 is 22.7 Å². The van der Waals surface area contributed by atoms with E-state index in [0.717, 1.165) is 16.0 Å². The molecule has 0 radical (unpaired) electrons. The van der Waals surface area contributed by atoms with Crippen molar-refractivity contribution in [2.24, 2.45) is 11.1 Å². The van der Waals surface area contributed by atoms with Gasteiger partial charge in [-0.05, 0) is 60.4 Å². The van der Waals surface area contributed by atoms with Gasteiger partial charge in [-0.25, -0.2) is 8.42 Å². The SMILES string of the molecule is C=C[C@@H]1C[C@@]1(NC(=O)C1CC(O/N=C/c2cc(OC)ccc2-c2cccs2)CN1C(=O)c1cccs1)C(=O)NS(=O)(=O)C1CC1. The molecule has 3 heterocycles. The number of nitrogens with one attached hydrogen (secondary N) is 2. The molecular weight excluding hydrogens is 637 g/mol. The summed E-state index contributed by atoms with van der Waals surface area (Å²) in [5, 5.41) is 10.2. The summed E-state index contributed by atoms with van der Waals surface area (Å²) >= 11 is 2.84. The smallest absolute Gasteiger partial charge is 0.264 e. The number of carbonyl (C=O) groups is 3. The third kappa shape index (κ3) is 6.40. The lowest BCUT2D eigenvalue weighted by Gasteiger charge is -2.26. The number of rotatable bonds is 12. The van der Waals surface area contributed by atoms with E-state index in [2.05, 4.69) is 21.8 Å². The fourth-order valence-corrected chi connectivity index (χ4v) is 8.33. The summed E-state index contributed by atoms with van der Waals surface area (Å²) < 4.78 is 32.5. The zero-order chi connectivity index (χ0) is 31.8. The lowest BCUT2D eigenvalue weighted by atomic mass is 10.1. The van der Waals surface area contributed by atoms with Gasteiger partial charge < -0.3 is 19.8 Å². The molecule has 2 N–H and O–H groups in total. The van der Waals surface area contributed by atoms with Gasteiger partial charge in [0.25, 0.3) is 11.8 Å². The van der Waals surface area contributed by atoms with Gasteiger partial charge in [-0.3, -0.25) is 19.1 Å². The number of methoxy groups -OCH3 is 1. The van der Waals surface area contributed by atoms with Crippen LogP contribution in [0.3, 0.4) is 0 Å². The fraction of sp³-hybridized carbons (Fsp3) is 0.355. The Balaban J connectivity index is 1.20. The van der Waals surface area contributed by atoms with Gasteiger partial charge >= 0.3 is 0 Å². The molecule has 236 valence electrons. The van der Waals surface area contributed by atoms with Crippen LogP contribution in [0.2, 0.25) is 0 Å². The quantitative estimate of drug-likeness (QED) is 0.170. The number of thiophene rings is 2. The van der Waals surface area contributed by atoms with E-state index in [4.69, 9.17) is 9.57 Å². The molecule has 2 saturated carbocycles. The van der Waals surface area contributed by atoms with E-state index in [9.17, 15) is 22.8 Å². The van der Waals surface area contributed by atoms with Crippen LogP contribution in [0.25, 0.3) is 10.4 Å². The Hall–Kier alpha value is -4.01. The molecule has 3 amide bonds. The monoisotopic (exact) mass is 668 g/mol. The Morgan fingerprint density at radius 1 is 1.13 bits per heavy atom. The van der Waals surface area contributed by atoms with Crippen molar-refractivity contribution in [2.45, 2.75) is 48.6 Å². The highest BCUT2D eigenvalue weighted by atomic mass is 32.2. The zero-order valence-corrected chi connectivity index (χ0v) is 26.8. The summed E-state index contributed by atoms with van der Waals surface area (Å²) in [5.74, 6) is -1.51. The Morgan fingerprint density at radius 2 is 1.91 bits per heavy atom. The number of nitrogens with zero attached hydrogens (tertiary/aromatic N) is 2. The van der Waals surface area contributed by atoms with Gasteiger partial charge in [-0.2, -0.15) is 0 Å². The maximum Gasteiger partial charge on any atom is 0.264 e. The Labute approximate surface area is 269 Å². The molecule has 3 aromatic rings. The summed E-state index contributed by atoms with van der Waals surface area (Å²) in [6.07, 6.45) is 3.79. The zero-order valence-electron chi connectivity index (χ0n) is 24.4. The molecule has 45 heavy (non-hydrogen) atoms. The molecule has 4 atom stereocenters. The van der Waals surface area contributed by atoms with Crippen molar-refractivity contribution in [2.75, 3.05) is 13.7 Å². The summed E-state index contributed by atoms with van der Waals surface area (Å²) in [7, 11) is -2.24. The van der Waals surface area contributed by atoms with Crippen molar-refractivity contribution in [3.63, 3.8) is 0 Å². The first-order valence-corrected chi connectivity index (χ1v) is 17.7. The van der Waals surface area contributed by atoms with E-state index in [1.54, 1.807) is 42.2 Å². The van der Waals surface area contributed by atoms with E-state index in [1.807, 2.05) is 35.7 Å². The number of amides is 3. The molecule has 1 saturated heterocycles. The van der Waals surface area contributed by atoms with E-state index in [0.29, 0.717) is 23.5 Å². The van der Waals surface area contributed by atoms with Crippen molar-refractivity contribution >= 4 is 56.6 Å². The van der Waals surface area contributed by atoms with Crippen LogP contribution in [0, 0.1) is 5.92 Å². The maximum atomic E-state index is 13.8. The molecule has 2 aliphatic carbocycles. The largest absolute Gasteiger partial charge is 0.497 e. The number of sulfonamides is 1. The Kier molecular flexibility index (Phi) is 8.55. The first kappa shape index (κ1) is 31.0. The van der Waals surface area contributed by atoms with E-state index >= 15 is 0 Å². The lowest BCUT2D eigenvalue weighted by molar-refractivity contribution is -0.131. The second-order valence-electron chi connectivity index (χ2n) is 11.3. The summed E-state index contributed by atoms with van der Waals surface area (Å²) in [6, 6.07) is 12.1. The highest BCUT2D eigenvalue weighted by Crippen LogP contribution is 2.45. The van der Waals surface area contributed by atoms with E-state index in [1.165, 1.54) is 22.3 Å². The highest BCUT2D eigenvalue weighted by Gasteiger charge is 2.62. The molecule has 2 unspecified atom stereocenters. The molecule has 14 heteroatoms. The first-order chi connectivity index (χ1) is 21.6. The molecular formula is C31H32N4O7S3. The van der Waals surface area contributed by atoms with Gasteiger partial charge in [0.15, 0.2) is 0 Å². The third-order valence-electron chi connectivity index (χ3n) is 8.25. The van der Waals surface area contributed by atoms with Gasteiger partial charge in [0.2, 0.25) is 15.9 Å². The van der Waals surface area contributed by atoms with Gasteiger partial charge in [0.1, 0.15) is 23.4 Å². The molecule has 2 aromatic heterocycles. The van der Waals surface area contributed by atoms with E-state index in [-0.39, 0.29) is 25.3 Å². The van der Waals surface area contributed by atoms with Crippen LogP contribution in [0.4, 0.5) is 0 Å². The summed E-state index contributed by atoms with van der Waals surface area (Å²) in [5.41, 5.74) is 0.263. The molecule has 3 aliphatic rings. The number of hydrogen-bond donors (Lipinski definition) is 2. The normalized spacial score (nSPS) is 24.3. The fourth-order valence-electron chi connectivity index (χ4n) is 5.51. The predicted molar refractivity (Wildman–Crippen MR) is 172 cm³/mol. The van der Waals surface area contributed by atoms with Crippen LogP contribution in [0.15, 0.2) is 71.0 Å². The van der Waals surface area contributed by atoms with Crippen molar-refractivity contribution in [1.82, 2.24) is 14.9 Å². The van der Waals surface area contributed by atoms with Crippen LogP contribution in [-0.4, -0.2) is 73.8 Å². The van der Waals surface area contributed by atoms with Crippen LogP contribution in [-0.2, 0) is 24.4 Å². The van der Waals surface area contributed by atoms with Crippen LogP contribution in [0.5, 0.6) is 5.75 Å². The van der Waals surface area contributed by atoms with Crippen molar-refractivity contribution < 1.29 is 32.4 Å². The van der Waals surface area contributed by atoms with E-state index < -0.39 is 50.7 Å². The number of hydrogen-bond acceptors (Lipinski definition) is 10. The number of likely N-dealkylation sites (tertiary alicyclic amines) is 1. The maximum absolute atomic E-state index is 13.8. The van der Waals surface area contributed by atoms with Gasteiger partial charge in [0, 0.05) is 28.3 Å². The van der Waals surface area contributed by atoms with Crippen molar-refractivity contribution in [3.8, 4) is 16.2 Å². The molecule has 1 aromatic carbocycles. The van der Waals surface area contributed by atoms with Gasteiger partial charge in [-0.1, -0.05) is 23.4 Å². The average Bonchev–Trinajstić information content (AvgIpc) is 3.76. The predicted octanol–water partition coefficient (Wildman–Crippen LogP) is 3.79. The minimum absolute atomic E-state index is 0.0855. The minimum atomic E-state index is -3.83. The molecule has 0 bridgehead atoms. The number of benzene rings is 1. The Bertz CT molecular complexity index is 1740. The topological polar surface area (TPSA) is 143 Å². The minimum Gasteiger partial charge on any atom is -0.497 e. The third-order valence-corrected chi connectivity index (χ3v) is 11.8. The molecule has 1 aliphatic heterocycles. The standard InChI is InChI=1S/C31H32N4O7S3/c1-3-20-16-31(20,30(38)34-45(39,40)23-9-10-23)33-28(36)25-15-22(18-35(25)29(37)27-7-5-13-44-27)42-32-17-19-14-21(41-2)8-11-24(19)26-6-4-12-43-26/h3-8,11-14,17,20,22-23,25H,1,9-10,15-16,18H2,2H3,(H,33,36)(H,34,38)/b32-17+/t20-,22?,25?,31+/m1/s1. The second-order valence-corrected chi connectivity index (χ2v) is 15.1. The molecule has 3 fully saturated rings. The molecule has 11 nitrogen and oxygen atoms in total. The number of carbonyl (C=O) groups excluding carboxylic acids is 3. The number of ether oxygens (including phenoxy) is 1. The summed E-state index contributed by atoms with van der Waals surface area (Å²) in [4.78, 5) is 49.2. The molecule has 6 rings (SSSR count). The first-order valence-electron chi connectivity index (χ1n) is 14.4. The van der Waals surface area contributed by atoms with Gasteiger partial charge in [0.05, 0.1) is 30.0 Å².